The molecule has 2 saturated carbocycles. The van der Waals surface area contributed by atoms with Crippen LogP contribution in [-0.2, 0) is 10.2 Å². The maximum absolute atomic E-state index is 12.9. The summed E-state index contributed by atoms with van der Waals surface area (Å²) in [5.74, 6) is -1.20. The van der Waals surface area contributed by atoms with Gasteiger partial charge in [-0.05, 0) is 81.0 Å². The van der Waals surface area contributed by atoms with Crippen LogP contribution in [0.3, 0.4) is 0 Å². The first-order valence-electron chi connectivity index (χ1n) is 14.6. The van der Waals surface area contributed by atoms with Gasteiger partial charge in [-0.1, -0.05) is 43.0 Å². The van der Waals surface area contributed by atoms with Crippen LogP contribution in [0.1, 0.15) is 63.4 Å². The number of carbonyl (C=O) groups excluding carboxylic acids is 1. The number of anilines is 1. The van der Waals surface area contributed by atoms with Crippen molar-refractivity contribution >= 4 is 29.3 Å². The van der Waals surface area contributed by atoms with Crippen LogP contribution in [0, 0.1) is 0 Å². The van der Waals surface area contributed by atoms with Crippen molar-refractivity contribution < 1.29 is 37.3 Å². The van der Waals surface area contributed by atoms with E-state index in [1.165, 1.54) is 37.7 Å². The second-order valence-corrected chi connectivity index (χ2v) is 11.8. The highest BCUT2D eigenvalue weighted by atomic mass is 35.5. The Hall–Kier alpha value is -3.18. The fourth-order valence-corrected chi connectivity index (χ4v) is 7.16. The van der Waals surface area contributed by atoms with Crippen molar-refractivity contribution in [1.29, 1.82) is 0 Å². The smallest absolute Gasteiger partial charge is 0.490 e. The van der Waals surface area contributed by atoms with Gasteiger partial charge in [0.25, 0.3) is 0 Å². The Morgan fingerprint density at radius 3 is 2.33 bits per heavy atom. The molecule has 2 amide bonds. The number of aliphatic carboxylic acids is 1. The van der Waals surface area contributed by atoms with Crippen LogP contribution in [0.15, 0.2) is 42.5 Å². The molecule has 3 atom stereocenters. The Morgan fingerprint density at radius 1 is 1.00 bits per heavy atom. The van der Waals surface area contributed by atoms with E-state index >= 15 is 0 Å². The first kappa shape index (κ1) is 32.7. The van der Waals surface area contributed by atoms with E-state index in [2.05, 4.69) is 27.7 Å². The van der Waals surface area contributed by atoms with E-state index in [4.69, 9.17) is 31.0 Å². The molecule has 0 radical (unpaired) electrons. The third kappa shape index (κ3) is 7.86. The van der Waals surface area contributed by atoms with Crippen molar-refractivity contribution in [3.8, 4) is 11.5 Å². The van der Waals surface area contributed by atoms with E-state index in [1.807, 2.05) is 18.2 Å². The molecule has 3 fully saturated rings. The summed E-state index contributed by atoms with van der Waals surface area (Å²) < 4.78 is 42.9. The minimum absolute atomic E-state index is 0.0681. The molecule has 5 rings (SSSR count). The number of rotatable bonds is 6. The van der Waals surface area contributed by atoms with Crippen LogP contribution in [0.5, 0.6) is 11.5 Å². The summed E-state index contributed by atoms with van der Waals surface area (Å²) in [6, 6.07) is 14.8. The first-order chi connectivity index (χ1) is 20.5. The zero-order valence-corrected chi connectivity index (χ0v) is 25.1. The lowest BCUT2D eigenvalue weighted by Crippen LogP contribution is -2.55. The molecule has 236 valence electrons. The predicted molar refractivity (Wildman–Crippen MR) is 158 cm³/mol. The fourth-order valence-electron chi connectivity index (χ4n) is 6.97. The van der Waals surface area contributed by atoms with Crippen LogP contribution in [0.2, 0.25) is 5.02 Å². The average molecular weight is 626 g/mol. The molecule has 0 bridgehead atoms. The van der Waals surface area contributed by atoms with Crippen molar-refractivity contribution in [3.05, 3.63) is 53.1 Å². The molecule has 2 aromatic rings. The van der Waals surface area contributed by atoms with Crippen LogP contribution in [-0.4, -0.2) is 67.1 Å². The second kappa shape index (κ2) is 14.1. The molecule has 8 nitrogen and oxygen atoms in total. The molecule has 1 aliphatic heterocycles. The molecule has 1 heterocycles. The van der Waals surface area contributed by atoms with Crippen LogP contribution in [0.25, 0.3) is 0 Å². The molecule has 3 unspecified atom stereocenters. The zero-order valence-electron chi connectivity index (χ0n) is 24.4. The minimum Gasteiger partial charge on any atom is -0.493 e. The van der Waals surface area contributed by atoms with Gasteiger partial charge < -0.3 is 25.2 Å². The number of ether oxygens (including phenoxy) is 2. The molecule has 2 aliphatic carbocycles. The topological polar surface area (TPSA) is 100 Å². The Bertz CT molecular complexity index is 1270. The zero-order chi connectivity index (χ0) is 31.2. The fraction of sp³-hybridized carbons (Fsp3) is 0.548. The molecule has 3 aliphatic rings. The monoisotopic (exact) mass is 625 g/mol. The number of hydrogen-bond donors (Lipinski definition) is 3. The van der Waals surface area contributed by atoms with Crippen molar-refractivity contribution in [2.75, 3.05) is 26.1 Å². The lowest BCUT2D eigenvalue weighted by atomic mass is 9.64. The van der Waals surface area contributed by atoms with E-state index < -0.39 is 12.1 Å². The largest absolute Gasteiger partial charge is 0.493 e. The normalized spacial score (nSPS) is 24.2. The summed E-state index contributed by atoms with van der Waals surface area (Å²) in [6.07, 6.45) is 5.56. The molecule has 12 heteroatoms. The van der Waals surface area contributed by atoms with E-state index in [0.717, 1.165) is 43.7 Å². The Morgan fingerprint density at radius 2 is 1.70 bits per heavy atom. The van der Waals surface area contributed by atoms with Crippen LogP contribution < -0.4 is 20.1 Å². The van der Waals surface area contributed by atoms with Gasteiger partial charge in [0.2, 0.25) is 0 Å². The van der Waals surface area contributed by atoms with E-state index in [9.17, 15) is 18.0 Å². The van der Waals surface area contributed by atoms with Gasteiger partial charge in [0.15, 0.2) is 11.5 Å². The van der Waals surface area contributed by atoms with Crippen molar-refractivity contribution in [2.24, 2.45) is 0 Å². The number of likely N-dealkylation sites (tertiary alicyclic amines) is 1. The lowest BCUT2D eigenvalue weighted by Gasteiger charge is -2.47. The molecule has 0 aromatic heterocycles. The summed E-state index contributed by atoms with van der Waals surface area (Å²) in [4.78, 5) is 24.5. The number of methoxy groups -OCH3 is 2. The molecular weight excluding hydrogens is 587 g/mol. The summed E-state index contributed by atoms with van der Waals surface area (Å²) >= 11 is 6.09. The number of hydrogen-bond acceptors (Lipinski definition) is 5. The quantitative estimate of drug-likeness (QED) is 0.319. The van der Waals surface area contributed by atoms with E-state index in [1.54, 1.807) is 26.4 Å². The van der Waals surface area contributed by atoms with Crippen molar-refractivity contribution in [3.63, 3.8) is 0 Å². The summed E-state index contributed by atoms with van der Waals surface area (Å²) in [5.41, 5.74) is 2.11. The molecule has 0 spiro atoms. The van der Waals surface area contributed by atoms with Gasteiger partial charge in [-0.2, -0.15) is 13.2 Å². The van der Waals surface area contributed by atoms with Gasteiger partial charge >= 0.3 is 18.2 Å². The van der Waals surface area contributed by atoms with E-state index in [0.29, 0.717) is 22.8 Å². The maximum Gasteiger partial charge on any atom is 0.490 e. The predicted octanol–water partition coefficient (Wildman–Crippen LogP) is 7.01. The number of nitrogens with zero attached hydrogens (tertiary/aromatic N) is 1. The summed E-state index contributed by atoms with van der Waals surface area (Å²) in [7, 11) is 3.39. The van der Waals surface area contributed by atoms with Gasteiger partial charge in [0.1, 0.15) is 0 Å². The molecule has 3 N–H and O–H groups in total. The number of halogens is 4. The van der Waals surface area contributed by atoms with Gasteiger partial charge in [-0.25, -0.2) is 9.59 Å². The van der Waals surface area contributed by atoms with E-state index in [-0.39, 0.29) is 17.5 Å². The molecule has 43 heavy (non-hydrogen) atoms. The number of urea groups is 1. The van der Waals surface area contributed by atoms with Gasteiger partial charge in [-0.3, -0.25) is 4.90 Å². The van der Waals surface area contributed by atoms with Crippen molar-refractivity contribution in [2.45, 2.75) is 87.5 Å². The number of carboxylic acids is 1. The standard InChI is InChI=1S/C29H38ClN3O3.C2HF3O2/c1-35-25-12-11-20(17-26(25)36-2)29-14-13-23(32-28(34)31-22-8-6-7-21(30)18-22)19-27(29)33(16-15-29)24-9-4-3-5-10-24;3-2(4,5)1(6)7/h6-8,11-12,17-18,23-24,27H,3-5,9-10,13-16,19H2,1-2H3,(H2,31,32,34);(H,6,7). The Labute approximate surface area is 254 Å². The lowest BCUT2D eigenvalue weighted by molar-refractivity contribution is -0.192. The third-order valence-electron chi connectivity index (χ3n) is 8.96. The van der Waals surface area contributed by atoms with Crippen LogP contribution >= 0.6 is 11.6 Å². The highest BCUT2D eigenvalue weighted by Crippen LogP contribution is 2.51. The molecule has 1 saturated heterocycles. The number of carboxylic acid groups (broad SMARTS) is 1. The highest BCUT2D eigenvalue weighted by molar-refractivity contribution is 6.30. The molecular formula is C31H39ClF3N3O5. The van der Waals surface area contributed by atoms with Crippen molar-refractivity contribution in [1.82, 2.24) is 10.2 Å². The number of nitrogens with one attached hydrogen (secondary N) is 2. The third-order valence-corrected chi connectivity index (χ3v) is 9.20. The maximum atomic E-state index is 12.9. The van der Waals surface area contributed by atoms with Gasteiger partial charge in [-0.15, -0.1) is 0 Å². The second-order valence-electron chi connectivity index (χ2n) is 11.4. The summed E-state index contributed by atoms with van der Waals surface area (Å²) in [6.45, 7) is 1.12. The number of fused-ring (bicyclic) bond motifs is 1. The van der Waals surface area contributed by atoms with Gasteiger partial charge in [0.05, 0.1) is 14.2 Å². The Kier molecular flexibility index (Phi) is 10.7. The molecule has 2 aromatic carbocycles. The number of benzene rings is 2. The number of amides is 2. The number of alkyl halides is 3. The summed E-state index contributed by atoms with van der Waals surface area (Å²) in [5, 5.41) is 14.0. The van der Waals surface area contributed by atoms with Crippen LogP contribution in [0.4, 0.5) is 23.7 Å². The SMILES string of the molecule is COc1ccc(C23CCC(NC(=O)Nc4cccc(Cl)c4)CC2N(C2CCCCC2)CC3)cc1OC.O=C(O)C(F)(F)F. The van der Waals surface area contributed by atoms with Gasteiger partial charge in [0, 0.05) is 34.3 Å². The Balaban J connectivity index is 0.000000541. The first-order valence-corrected chi connectivity index (χ1v) is 15.0. The highest BCUT2D eigenvalue weighted by Gasteiger charge is 2.53. The minimum atomic E-state index is -5.08. The number of carbonyl (C=O) groups is 2. The average Bonchev–Trinajstić information content (AvgIpc) is 3.37.